The summed E-state index contributed by atoms with van der Waals surface area (Å²) in [5.41, 5.74) is 1.30. The molecule has 26 heavy (non-hydrogen) atoms. The number of hydrogen-bond acceptors (Lipinski definition) is 5. The number of anilines is 1. The number of hydrogen-bond donors (Lipinski definition) is 2. The number of aromatic amines is 1. The van der Waals surface area contributed by atoms with Gasteiger partial charge in [-0.3, -0.25) is 14.7 Å². The highest BCUT2D eigenvalue weighted by Crippen LogP contribution is 2.28. The monoisotopic (exact) mass is 372 g/mol. The lowest BCUT2D eigenvalue weighted by Gasteiger charge is -2.10. The van der Waals surface area contributed by atoms with E-state index in [2.05, 4.69) is 20.5 Å². The number of nitrogens with zero attached hydrogens (tertiary/aromatic N) is 2. The van der Waals surface area contributed by atoms with E-state index >= 15 is 0 Å². The summed E-state index contributed by atoms with van der Waals surface area (Å²) >= 11 is 1.34. The number of rotatable bonds is 7. The van der Waals surface area contributed by atoms with Crippen LogP contribution in [-0.2, 0) is 11.2 Å². The van der Waals surface area contributed by atoms with Crippen molar-refractivity contribution in [3.63, 3.8) is 0 Å². The van der Waals surface area contributed by atoms with E-state index in [9.17, 15) is 9.59 Å². The van der Waals surface area contributed by atoms with Crippen LogP contribution < -0.4 is 5.32 Å². The molecule has 1 heterocycles. The fraction of sp³-hybridized carbons (Fsp3) is 0.474. The SMILES string of the molecule is CC(=O)c1ccc(NC(=O)[C@@H](C)Sc2n[nH]c(CC3CCCC3)n2)cc1. The number of thioether (sulfide) groups is 1. The van der Waals surface area contributed by atoms with Gasteiger partial charge < -0.3 is 5.32 Å². The molecule has 138 valence electrons. The molecule has 3 rings (SSSR count). The van der Waals surface area contributed by atoms with E-state index < -0.39 is 0 Å². The van der Waals surface area contributed by atoms with Gasteiger partial charge in [-0.25, -0.2) is 4.98 Å². The minimum absolute atomic E-state index is 0.00446. The Hall–Kier alpha value is -2.15. The van der Waals surface area contributed by atoms with Gasteiger partial charge >= 0.3 is 0 Å². The summed E-state index contributed by atoms with van der Waals surface area (Å²) in [5.74, 6) is 1.50. The first-order valence-corrected chi connectivity index (χ1v) is 9.89. The van der Waals surface area contributed by atoms with Gasteiger partial charge in [-0.2, -0.15) is 0 Å². The molecule has 0 aliphatic heterocycles. The molecule has 0 spiro atoms. The van der Waals surface area contributed by atoms with Crippen LogP contribution in [0.1, 0.15) is 55.7 Å². The number of carbonyl (C=O) groups excluding carboxylic acids is 2. The Bertz CT molecular complexity index is 766. The molecule has 1 aliphatic carbocycles. The first-order valence-electron chi connectivity index (χ1n) is 9.01. The van der Waals surface area contributed by atoms with Crippen LogP contribution >= 0.6 is 11.8 Å². The number of benzene rings is 1. The van der Waals surface area contributed by atoms with Gasteiger partial charge in [-0.15, -0.1) is 5.10 Å². The molecule has 1 aromatic heterocycles. The highest BCUT2D eigenvalue weighted by atomic mass is 32.2. The van der Waals surface area contributed by atoms with Crippen LogP contribution in [0.2, 0.25) is 0 Å². The average molecular weight is 372 g/mol. The summed E-state index contributed by atoms with van der Waals surface area (Å²) in [6.45, 7) is 3.35. The molecular formula is C19H24N4O2S. The molecule has 2 N–H and O–H groups in total. The highest BCUT2D eigenvalue weighted by molar-refractivity contribution is 8.00. The third-order valence-corrected chi connectivity index (χ3v) is 5.64. The van der Waals surface area contributed by atoms with Gasteiger partial charge in [0, 0.05) is 17.7 Å². The van der Waals surface area contributed by atoms with Gasteiger partial charge in [-0.05, 0) is 44.0 Å². The molecule has 0 saturated heterocycles. The van der Waals surface area contributed by atoms with Crippen molar-refractivity contribution in [1.29, 1.82) is 0 Å². The van der Waals surface area contributed by atoms with Crippen molar-refractivity contribution in [3.05, 3.63) is 35.7 Å². The summed E-state index contributed by atoms with van der Waals surface area (Å²) < 4.78 is 0. The second kappa shape index (κ2) is 8.49. The van der Waals surface area contributed by atoms with Gasteiger partial charge in [0.1, 0.15) is 5.82 Å². The maximum absolute atomic E-state index is 12.4. The second-order valence-electron chi connectivity index (χ2n) is 6.80. The molecule has 0 radical (unpaired) electrons. The van der Waals surface area contributed by atoms with Crippen molar-refractivity contribution in [2.45, 2.75) is 56.4 Å². The lowest BCUT2D eigenvalue weighted by Crippen LogP contribution is -2.22. The van der Waals surface area contributed by atoms with Crippen molar-refractivity contribution < 1.29 is 9.59 Å². The Morgan fingerprint density at radius 2 is 1.96 bits per heavy atom. The Morgan fingerprint density at radius 3 is 2.62 bits per heavy atom. The fourth-order valence-corrected chi connectivity index (χ4v) is 3.90. The fourth-order valence-electron chi connectivity index (χ4n) is 3.15. The van der Waals surface area contributed by atoms with Gasteiger partial charge in [-0.1, -0.05) is 37.4 Å². The molecule has 1 atom stereocenters. The first-order chi connectivity index (χ1) is 12.5. The summed E-state index contributed by atoms with van der Waals surface area (Å²) in [4.78, 5) is 28.2. The van der Waals surface area contributed by atoms with Gasteiger partial charge in [0.15, 0.2) is 5.78 Å². The zero-order valence-corrected chi connectivity index (χ0v) is 15.9. The number of nitrogens with one attached hydrogen (secondary N) is 2. The standard InChI is InChI=1S/C19H24N4O2S/c1-12(24)15-7-9-16(10-8-15)20-18(25)13(2)26-19-21-17(22-23-19)11-14-5-3-4-6-14/h7-10,13-14H,3-6,11H2,1-2H3,(H,20,25)(H,21,22,23)/t13-/m1/s1. The molecule has 1 saturated carbocycles. The maximum Gasteiger partial charge on any atom is 0.237 e. The van der Waals surface area contributed by atoms with Crippen molar-refractivity contribution in [2.75, 3.05) is 5.32 Å². The Balaban J connectivity index is 1.52. The normalized spacial score (nSPS) is 15.8. The average Bonchev–Trinajstić information content (AvgIpc) is 3.28. The topological polar surface area (TPSA) is 87.7 Å². The van der Waals surface area contributed by atoms with E-state index in [-0.39, 0.29) is 16.9 Å². The van der Waals surface area contributed by atoms with E-state index in [1.54, 1.807) is 24.3 Å². The lowest BCUT2D eigenvalue weighted by atomic mass is 10.0. The van der Waals surface area contributed by atoms with Crippen LogP contribution in [0.4, 0.5) is 5.69 Å². The Morgan fingerprint density at radius 1 is 1.27 bits per heavy atom. The maximum atomic E-state index is 12.4. The molecule has 1 aromatic carbocycles. The third kappa shape index (κ3) is 4.94. The largest absolute Gasteiger partial charge is 0.325 e. The number of amides is 1. The van der Waals surface area contributed by atoms with Crippen molar-refractivity contribution in [1.82, 2.24) is 15.2 Å². The van der Waals surface area contributed by atoms with Gasteiger partial charge in [0.2, 0.25) is 11.1 Å². The first kappa shape index (κ1) is 18.6. The molecule has 0 unspecified atom stereocenters. The number of aromatic nitrogens is 3. The Kier molecular flexibility index (Phi) is 6.08. The van der Waals surface area contributed by atoms with Crippen LogP contribution in [-0.4, -0.2) is 32.1 Å². The number of carbonyl (C=O) groups is 2. The summed E-state index contributed by atoms with van der Waals surface area (Å²) in [6, 6.07) is 6.89. The lowest BCUT2D eigenvalue weighted by molar-refractivity contribution is -0.115. The summed E-state index contributed by atoms with van der Waals surface area (Å²) in [5, 5.41) is 10.4. The predicted molar refractivity (Wildman–Crippen MR) is 102 cm³/mol. The highest BCUT2D eigenvalue weighted by Gasteiger charge is 2.20. The van der Waals surface area contributed by atoms with Crippen LogP contribution in [0.25, 0.3) is 0 Å². The van der Waals surface area contributed by atoms with Crippen molar-refractivity contribution >= 4 is 29.1 Å². The van der Waals surface area contributed by atoms with E-state index in [4.69, 9.17) is 0 Å². The number of H-pyrrole nitrogens is 1. The molecule has 1 fully saturated rings. The number of Topliss-reactive ketones (excluding diaryl/α,β-unsaturated/α-hetero) is 1. The van der Waals surface area contributed by atoms with Crippen molar-refractivity contribution in [3.8, 4) is 0 Å². The summed E-state index contributed by atoms with van der Waals surface area (Å²) in [6.07, 6.45) is 6.10. The molecular weight excluding hydrogens is 348 g/mol. The van der Waals surface area contributed by atoms with Crippen LogP contribution in [0.5, 0.6) is 0 Å². The van der Waals surface area contributed by atoms with Crippen molar-refractivity contribution in [2.24, 2.45) is 5.92 Å². The van der Waals surface area contributed by atoms with Crippen LogP contribution in [0.15, 0.2) is 29.4 Å². The van der Waals surface area contributed by atoms with E-state index in [1.165, 1.54) is 44.4 Å². The third-order valence-electron chi connectivity index (χ3n) is 4.68. The number of ketones is 1. The molecule has 7 heteroatoms. The van der Waals surface area contributed by atoms with Gasteiger partial charge in [0.05, 0.1) is 5.25 Å². The molecule has 0 bridgehead atoms. The summed E-state index contributed by atoms with van der Waals surface area (Å²) in [7, 11) is 0. The smallest absolute Gasteiger partial charge is 0.237 e. The zero-order valence-electron chi connectivity index (χ0n) is 15.1. The zero-order chi connectivity index (χ0) is 18.5. The van der Waals surface area contributed by atoms with Gasteiger partial charge in [0.25, 0.3) is 0 Å². The quantitative estimate of drug-likeness (QED) is 0.569. The van der Waals surface area contributed by atoms with E-state index in [0.717, 1.165) is 12.2 Å². The Labute approximate surface area is 157 Å². The van der Waals surface area contributed by atoms with E-state index in [1.807, 2.05) is 6.92 Å². The molecule has 6 nitrogen and oxygen atoms in total. The predicted octanol–water partition coefficient (Wildman–Crippen LogP) is 3.86. The molecule has 1 aliphatic rings. The minimum atomic E-state index is -0.322. The van der Waals surface area contributed by atoms with Crippen LogP contribution in [0.3, 0.4) is 0 Å². The second-order valence-corrected chi connectivity index (χ2v) is 8.11. The van der Waals surface area contributed by atoms with E-state index in [0.29, 0.717) is 22.3 Å². The molecule has 2 aromatic rings. The molecule has 1 amide bonds. The minimum Gasteiger partial charge on any atom is -0.325 e. The van der Waals surface area contributed by atoms with Crippen LogP contribution in [0, 0.1) is 5.92 Å².